The lowest BCUT2D eigenvalue weighted by Crippen LogP contribution is -2.15. The van der Waals surface area contributed by atoms with Crippen molar-refractivity contribution in [2.24, 2.45) is 0 Å². The molecule has 0 aliphatic heterocycles. The lowest BCUT2D eigenvalue weighted by atomic mass is 10.2. The highest BCUT2D eigenvalue weighted by Gasteiger charge is 2.12. The summed E-state index contributed by atoms with van der Waals surface area (Å²) in [6.45, 7) is 0. The lowest BCUT2D eigenvalue weighted by molar-refractivity contribution is 0.600. The Kier molecular flexibility index (Phi) is 3.86. The summed E-state index contributed by atoms with van der Waals surface area (Å²) in [5.41, 5.74) is 6.73. The minimum Gasteiger partial charge on any atom is -0.384 e. The Hall–Kier alpha value is -2.59. The summed E-state index contributed by atoms with van der Waals surface area (Å²) in [6, 6.07) is 11.5. The third-order valence-corrected chi connectivity index (χ3v) is 3.73. The van der Waals surface area contributed by atoms with E-state index in [0.29, 0.717) is 22.6 Å². The van der Waals surface area contributed by atoms with Crippen LogP contribution >= 0.6 is 0 Å². The maximum atomic E-state index is 12.0. The second kappa shape index (κ2) is 5.59. The van der Waals surface area contributed by atoms with Gasteiger partial charge in [0.1, 0.15) is 5.82 Å². The van der Waals surface area contributed by atoms with Gasteiger partial charge in [-0.1, -0.05) is 12.1 Å². The molecule has 0 radical (unpaired) electrons. The molecule has 102 valence electrons. The number of benzene rings is 1. The van der Waals surface area contributed by atoms with E-state index in [1.54, 1.807) is 24.3 Å². The molecule has 0 amide bonds. The maximum Gasteiger partial charge on any atom is 0.236 e. The second-order valence-corrected chi connectivity index (χ2v) is 5.87. The van der Waals surface area contributed by atoms with Gasteiger partial charge in [0.15, 0.2) is 0 Å². The number of pyridine rings is 1. The Morgan fingerprint density at radius 3 is 2.75 bits per heavy atom. The smallest absolute Gasteiger partial charge is 0.236 e. The van der Waals surface area contributed by atoms with Crippen LogP contribution in [0.1, 0.15) is 11.1 Å². The maximum absolute atomic E-state index is 12.0. The summed E-state index contributed by atoms with van der Waals surface area (Å²) in [7, 11) is -3.57. The molecule has 3 N–H and O–H groups in total. The molecule has 0 aliphatic carbocycles. The van der Waals surface area contributed by atoms with Gasteiger partial charge in [0, 0.05) is 0 Å². The van der Waals surface area contributed by atoms with Gasteiger partial charge < -0.3 is 5.73 Å². The van der Waals surface area contributed by atoms with Gasteiger partial charge in [0.05, 0.1) is 29.3 Å². The van der Waals surface area contributed by atoms with Crippen molar-refractivity contribution in [1.29, 1.82) is 5.26 Å². The molecule has 1 aromatic carbocycles. The Labute approximate surface area is 116 Å². The average molecular weight is 288 g/mol. The van der Waals surface area contributed by atoms with E-state index in [2.05, 4.69) is 9.71 Å². The highest BCUT2D eigenvalue weighted by atomic mass is 32.2. The minimum atomic E-state index is -3.57. The van der Waals surface area contributed by atoms with Crippen LogP contribution in [0.4, 0.5) is 11.5 Å². The molecule has 0 bridgehead atoms. The predicted molar refractivity (Wildman–Crippen MR) is 76.1 cm³/mol. The quantitative estimate of drug-likeness (QED) is 0.885. The summed E-state index contributed by atoms with van der Waals surface area (Å²) in [4.78, 5) is 3.81. The molecular formula is C13H12N4O2S. The van der Waals surface area contributed by atoms with Crippen LogP contribution < -0.4 is 10.5 Å². The number of hydrogen-bond acceptors (Lipinski definition) is 5. The van der Waals surface area contributed by atoms with Crippen molar-refractivity contribution in [3.8, 4) is 6.07 Å². The van der Waals surface area contributed by atoms with E-state index in [4.69, 9.17) is 11.0 Å². The van der Waals surface area contributed by atoms with Gasteiger partial charge in [-0.15, -0.1) is 0 Å². The van der Waals surface area contributed by atoms with Gasteiger partial charge in [0.25, 0.3) is 0 Å². The average Bonchev–Trinajstić information content (AvgIpc) is 2.41. The van der Waals surface area contributed by atoms with E-state index in [9.17, 15) is 8.42 Å². The molecule has 2 rings (SSSR count). The fourth-order valence-electron chi connectivity index (χ4n) is 1.63. The molecule has 6 nitrogen and oxygen atoms in total. The third kappa shape index (κ3) is 3.70. The van der Waals surface area contributed by atoms with Gasteiger partial charge in [-0.05, 0) is 29.8 Å². The molecule has 20 heavy (non-hydrogen) atoms. The van der Waals surface area contributed by atoms with Crippen molar-refractivity contribution in [1.82, 2.24) is 4.98 Å². The van der Waals surface area contributed by atoms with Crippen LogP contribution in [0.15, 0.2) is 42.6 Å². The number of nitrogen functional groups attached to an aromatic ring is 1. The van der Waals surface area contributed by atoms with Crippen LogP contribution in [-0.4, -0.2) is 13.4 Å². The van der Waals surface area contributed by atoms with Crippen molar-refractivity contribution >= 4 is 21.5 Å². The van der Waals surface area contributed by atoms with Crippen molar-refractivity contribution in [2.75, 3.05) is 10.5 Å². The van der Waals surface area contributed by atoms with Crippen LogP contribution in [0.5, 0.6) is 0 Å². The number of aromatic nitrogens is 1. The van der Waals surface area contributed by atoms with E-state index in [-0.39, 0.29) is 5.75 Å². The molecule has 1 aromatic heterocycles. The number of nitrogens with zero attached hydrogens (tertiary/aromatic N) is 2. The highest BCUT2D eigenvalue weighted by molar-refractivity contribution is 7.91. The van der Waals surface area contributed by atoms with Crippen LogP contribution in [0.25, 0.3) is 0 Å². The number of rotatable bonds is 4. The number of nitrogens with two attached hydrogens (primary N) is 1. The summed E-state index contributed by atoms with van der Waals surface area (Å²) in [6.07, 6.45) is 1.35. The standard InChI is InChI=1S/C13H12N4O2S/c14-7-10-2-1-3-11(6-10)9-20(18,19)17-12-4-5-13(15)16-8-12/h1-6,8,17H,9H2,(H2,15,16). The molecule has 0 saturated carbocycles. The van der Waals surface area contributed by atoms with E-state index >= 15 is 0 Å². The molecule has 0 atom stereocenters. The first-order valence-electron chi connectivity index (χ1n) is 5.69. The first kappa shape index (κ1) is 13.8. The van der Waals surface area contributed by atoms with Gasteiger partial charge in [-0.3, -0.25) is 4.72 Å². The first-order valence-corrected chi connectivity index (χ1v) is 7.35. The monoisotopic (exact) mass is 288 g/mol. The van der Waals surface area contributed by atoms with Crippen LogP contribution in [0, 0.1) is 11.3 Å². The van der Waals surface area contributed by atoms with Crippen LogP contribution in [0.2, 0.25) is 0 Å². The van der Waals surface area contributed by atoms with Crippen molar-refractivity contribution in [2.45, 2.75) is 5.75 Å². The largest absolute Gasteiger partial charge is 0.384 e. The fraction of sp³-hybridized carbons (Fsp3) is 0.0769. The van der Waals surface area contributed by atoms with Crippen molar-refractivity contribution < 1.29 is 8.42 Å². The van der Waals surface area contributed by atoms with E-state index in [0.717, 1.165) is 0 Å². The third-order valence-electron chi connectivity index (χ3n) is 2.47. The number of nitriles is 1. The van der Waals surface area contributed by atoms with Crippen LogP contribution in [-0.2, 0) is 15.8 Å². The molecule has 0 spiro atoms. The molecule has 0 unspecified atom stereocenters. The van der Waals surface area contributed by atoms with Crippen LogP contribution in [0.3, 0.4) is 0 Å². The molecule has 0 saturated heterocycles. The Bertz CT molecular complexity index is 749. The number of sulfonamides is 1. The van der Waals surface area contributed by atoms with E-state index < -0.39 is 10.0 Å². The SMILES string of the molecule is N#Cc1cccc(CS(=O)(=O)Nc2ccc(N)nc2)c1. The predicted octanol–water partition coefficient (Wildman–Crippen LogP) is 1.48. The fourth-order valence-corrected chi connectivity index (χ4v) is 2.80. The van der Waals surface area contributed by atoms with E-state index in [1.165, 1.54) is 18.3 Å². The topological polar surface area (TPSA) is 109 Å². The van der Waals surface area contributed by atoms with E-state index in [1.807, 2.05) is 6.07 Å². The highest BCUT2D eigenvalue weighted by Crippen LogP contribution is 2.13. The molecule has 1 heterocycles. The normalized spacial score (nSPS) is 10.8. The molecule has 7 heteroatoms. The van der Waals surface area contributed by atoms with Gasteiger partial charge >= 0.3 is 0 Å². The lowest BCUT2D eigenvalue weighted by Gasteiger charge is -2.08. The number of hydrogen-bond donors (Lipinski definition) is 2. The molecule has 0 fully saturated rings. The van der Waals surface area contributed by atoms with Gasteiger partial charge in [-0.25, -0.2) is 13.4 Å². The molecule has 0 aliphatic rings. The van der Waals surface area contributed by atoms with Gasteiger partial charge in [0.2, 0.25) is 10.0 Å². The van der Waals surface area contributed by atoms with Crippen molar-refractivity contribution in [3.05, 3.63) is 53.7 Å². The number of anilines is 2. The molecular weight excluding hydrogens is 276 g/mol. The Balaban J connectivity index is 2.15. The van der Waals surface area contributed by atoms with Gasteiger partial charge in [-0.2, -0.15) is 5.26 Å². The zero-order valence-corrected chi connectivity index (χ0v) is 11.3. The Morgan fingerprint density at radius 1 is 1.30 bits per heavy atom. The second-order valence-electron chi connectivity index (χ2n) is 4.15. The summed E-state index contributed by atoms with van der Waals surface area (Å²) in [5.74, 6) is 0.0991. The Morgan fingerprint density at radius 2 is 2.10 bits per heavy atom. The molecule has 2 aromatic rings. The summed E-state index contributed by atoms with van der Waals surface area (Å²) in [5, 5.41) is 8.79. The first-order chi connectivity index (χ1) is 9.48. The van der Waals surface area contributed by atoms with Crippen molar-refractivity contribution in [3.63, 3.8) is 0 Å². The zero-order chi connectivity index (χ0) is 14.6. The minimum absolute atomic E-state index is 0.215. The summed E-state index contributed by atoms with van der Waals surface area (Å²) >= 11 is 0. The summed E-state index contributed by atoms with van der Waals surface area (Å²) < 4.78 is 26.4. The number of nitrogens with one attached hydrogen (secondary N) is 1. The zero-order valence-electron chi connectivity index (χ0n) is 10.4.